The van der Waals surface area contributed by atoms with Crippen LogP contribution in [-0.2, 0) is 0 Å². The third-order valence-corrected chi connectivity index (χ3v) is 4.33. The van der Waals surface area contributed by atoms with E-state index in [2.05, 4.69) is 32.6 Å². The molecule has 1 heteroatoms. The van der Waals surface area contributed by atoms with E-state index in [4.69, 9.17) is 0 Å². The van der Waals surface area contributed by atoms with Crippen molar-refractivity contribution in [3.63, 3.8) is 0 Å². The van der Waals surface area contributed by atoms with E-state index in [0.29, 0.717) is 0 Å². The Morgan fingerprint density at radius 2 is 1.59 bits per heavy atom. The summed E-state index contributed by atoms with van der Waals surface area (Å²) in [5, 5.41) is 0. The van der Waals surface area contributed by atoms with Crippen molar-refractivity contribution < 1.29 is 0 Å². The summed E-state index contributed by atoms with van der Waals surface area (Å²) in [6.45, 7) is 13.5. The van der Waals surface area contributed by atoms with E-state index in [0.717, 1.165) is 17.8 Å². The number of hydrogen-bond acceptors (Lipinski definition) is 1. The van der Waals surface area contributed by atoms with Gasteiger partial charge in [-0.15, -0.1) is 0 Å². The maximum Gasteiger partial charge on any atom is -0.00160 e. The van der Waals surface area contributed by atoms with Gasteiger partial charge in [0.1, 0.15) is 0 Å². The standard InChI is InChI=1S/C16H33N/c1-14(2)8-6-5-7-11-17-12-9-16(10-13-17)15(3)4/h14-16H,5-13H2,1-4H3. The van der Waals surface area contributed by atoms with Crippen LogP contribution in [0.15, 0.2) is 0 Å². The molecule has 1 saturated heterocycles. The average molecular weight is 239 g/mol. The maximum atomic E-state index is 2.69. The zero-order valence-electron chi connectivity index (χ0n) is 12.5. The maximum absolute atomic E-state index is 2.69. The molecule has 1 aliphatic heterocycles. The number of hydrogen-bond donors (Lipinski definition) is 0. The van der Waals surface area contributed by atoms with Crippen molar-refractivity contribution in [2.45, 2.75) is 66.2 Å². The van der Waals surface area contributed by atoms with Gasteiger partial charge in [-0.2, -0.15) is 0 Å². The lowest BCUT2D eigenvalue weighted by Gasteiger charge is -2.33. The molecule has 0 atom stereocenters. The van der Waals surface area contributed by atoms with Crippen molar-refractivity contribution >= 4 is 0 Å². The number of piperidine rings is 1. The summed E-state index contributed by atoms with van der Waals surface area (Å²) in [5.41, 5.74) is 0. The SMILES string of the molecule is CC(C)CCCCCN1CCC(C(C)C)CC1. The second kappa shape index (κ2) is 8.13. The Kier molecular flexibility index (Phi) is 7.18. The smallest absolute Gasteiger partial charge is 0.00160 e. The number of rotatable bonds is 7. The van der Waals surface area contributed by atoms with Crippen LogP contribution in [0.2, 0.25) is 0 Å². The van der Waals surface area contributed by atoms with Gasteiger partial charge in [0.25, 0.3) is 0 Å². The minimum Gasteiger partial charge on any atom is -0.303 e. The van der Waals surface area contributed by atoms with Crippen molar-refractivity contribution in [1.82, 2.24) is 4.90 Å². The first kappa shape index (κ1) is 15.0. The van der Waals surface area contributed by atoms with E-state index in [-0.39, 0.29) is 0 Å². The molecule has 17 heavy (non-hydrogen) atoms. The molecule has 0 bridgehead atoms. The summed E-state index contributed by atoms with van der Waals surface area (Å²) < 4.78 is 0. The van der Waals surface area contributed by atoms with Crippen molar-refractivity contribution in [3.05, 3.63) is 0 Å². The summed E-state index contributed by atoms with van der Waals surface area (Å²) in [6.07, 6.45) is 8.56. The molecule has 1 fully saturated rings. The normalized spacial score (nSPS) is 19.4. The van der Waals surface area contributed by atoms with Gasteiger partial charge in [0.15, 0.2) is 0 Å². The Morgan fingerprint density at radius 1 is 0.941 bits per heavy atom. The fourth-order valence-electron chi connectivity index (χ4n) is 2.91. The van der Waals surface area contributed by atoms with E-state index in [9.17, 15) is 0 Å². The minimum atomic E-state index is 0.886. The molecule has 1 nitrogen and oxygen atoms in total. The van der Waals surface area contributed by atoms with Crippen LogP contribution in [0.4, 0.5) is 0 Å². The lowest BCUT2D eigenvalue weighted by Crippen LogP contribution is -2.35. The van der Waals surface area contributed by atoms with Gasteiger partial charge in [0, 0.05) is 0 Å². The van der Waals surface area contributed by atoms with Gasteiger partial charge < -0.3 is 4.90 Å². The fraction of sp³-hybridized carbons (Fsp3) is 1.00. The van der Waals surface area contributed by atoms with Gasteiger partial charge in [-0.1, -0.05) is 47.0 Å². The summed E-state index contributed by atoms with van der Waals surface area (Å²) in [7, 11) is 0. The number of unbranched alkanes of at least 4 members (excludes halogenated alkanes) is 2. The van der Waals surface area contributed by atoms with Crippen molar-refractivity contribution in [3.8, 4) is 0 Å². The summed E-state index contributed by atoms with van der Waals surface area (Å²) >= 11 is 0. The molecule has 0 aromatic heterocycles. The van der Waals surface area contributed by atoms with Gasteiger partial charge in [-0.3, -0.25) is 0 Å². The Labute approximate surface area is 109 Å². The molecule has 0 aromatic carbocycles. The Morgan fingerprint density at radius 3 is 2.12 bits per heavy atom. The zero-order chi connectivity index (χ0) is 12.7. The van der Waals surface area contributed by atoms with Crippen LogP contribution in [0.1, 0.15) is 66.2 Å². The molecule has 0 unspecified atom stereocenters. The monoisotopic (exact) mass is 239 g/mol. The molecular weight excluding hydrogens is 206 g/mol. The lowest BCUT2D eigenvalue weighted by atomic mass is 9.86. The minimum absolute atomic E-state index is 0.886. The molecule has 0 saturated carbocycles. The van der Waals surface area contributed by atoms with Gasteiger partial charge in [0.05, 0.1) is 0 Å². The predicted molar refractivity (Wildman–Crippen MR) is 77.3 cm³/mol. The van der Waals surface area contributed by atoms with E-state index < -0.39 is 0 Å². The molecule has 0 spiro atoms. The van der Waals surface area contributed by atoms with E-state index in [1.54, 1.807) is 0 Å². The third-order valence-electron chi connectivity index (χ3n) is 4.33. The van der Waals surface area contributed by atoms with Crippen LogP contribution in [0.3, 0.4) is 0 Å². The first-order chi connectivity index (χ1) is 8.09. The first-order valence-corrected chi connectivity index (χ1v) is 7.82. The summed E-state index contributed by atoms with van der Waals surface area (Å²) in [6, 6.07) is 0. The molecule has 0 radical (unpaired) electrons. The van der Waals surface area contributed by atoms with Gasteiger partial charge in [0.2, 0.25) is 0 Å². The molecule has 102 valence electrons. The average Bonchev–Trinajstić information content (AvgIpc) is 2.29. The largest absolute Gasteiger partial charge is 0.303 e. The van der Waals surface area contributed by atoms with Crippen molar-refractivity contribution in [2.75, 3.05) is 19.6 Å². The highest BCUT2D eigenvalue weighted by atomic mass is 15.1. The quantitative estimate of drug-likeness (QED) is 0.588. The summed E-state index contributed by atoms with van der Waals surface area (Å²) in [5.74, 6) is 2.77. The molecule has 0 amide bonds. The van der Waals surface area contributed by atoms with Gasteiger partial charge >= 0.3 is 0 Å². The second-order valence-electron chi connectivity index (χ2n) is 6.67. The zero-order valence-corrected chi connectivity index (χ0v) is 12.5. The van der Waals surface area contributed by atoms with Crippen molar-refractivity contribution in [1.29, 1.82) is 0 Å². The van der Waals surface area contributed by atoms with Crippen LogP contribution >= 0.6 is 0 Å². The van der Waals surface area contributed by atoms with Gasteiger partial charge in [-0.05, 0) is 56.7 Å². The molecule has 0 aromatic rings. The van der Waals surface area contributed by atoms with E-state index in [1.165, 1.54) is 58.2 Å². The van der Waals surface area contributed by atoms with Crippen LogP contribution < -0.4 is 0 Å². The number of likely N-dealkylation sites (tertiary alicyclic amines) is 1. The lowest BCUT2D eigenvalue weighted by molar-refractivity contribution is 0.155. The Hall–Kier alpha value is -0.0400. The topological polar surface area (TPSA) is 3.24 Å². The molecule has 1 heterocycles. The highest BCUT2D eigenvalue weighted by molar-refractivity contribution is 4.74. The van der Waals surface area contributed by atoms with Gasteiger partial charge in [-0.25, -0.2) is 0 Å². The Balaban J connectivity index is 1.99. The van der Waals surface area contributed by atoms with E-state index >= 15 is 0 Å². The Bertz CT molecular complexity index is 178. The van der Waals surface area contributed by atoms with E-state index in [1.807, 2.05) is 0 Å². The molecule has 1 aliphatic rings. The predicted octanol–water partition coefficient (Wildman–Crippen LogP) is 4.57. The van der Waals surface area contributed by atoms with Crippen molar-refractivity contribution in [2.24, 2.45) is 17.8 Å². The van der Waals surface area contributed by atoms with Crippen LogP contribution in [0.25, 0.3) is 0 Å². The highest BCUT2D eigenvalue weighted by Gasteiger charge is 2.20. The molecule has 0 aliphatic carbocycles. The van der Waals surface area contributed by atoms with Crippen LogP contribution in [0.5, 0.6) is 0 Å². The van der Waals surface area contributed by atoms with Crippen LogP contribution in [-0.4, -0.2) is 24.5 Å². The number of nitrogens with zero attached hydrogens (tertiary/aromatic N) is 1. The molecular formula is C16H33N. The molecule has 0 N–H and O–H groups in total. The fourth-order valence-corrected chi connectivity index (χ4v) is 2.91. The first-order valence-electron chi connectivity index (χ1n) is 7.82. The van der Waals surface area contributed by atoms with Crippen LogP contribution in [0, 0.1) is 17.8 Å². The molecule has 1 rings (SSSR count). The third kappa shape index (κ3) is 6.45. The highest BCUT2D eigenvalue weighted by Crippen LogP contribution is 2.24. The summed E-state index contributed by atoms with van der Waals surface area (Å²) in [4.78, 5) is 2.69. The second-order valence-corrected chi connectivity index (χ2v) is 6.67.